The van der Waals surface area contributed by atoms with E-state index in [1.807, 2.05) is 13.0 Å². The maximum absolute atomic E-state index is 8.82. The standard InChI is InChI=1S/C10H13N3O/c1-8(7-14)5-13-10-2-3-12-6-9(10)4-11/h2-3,6,8,14H,5,7H2,1H3,(H,12,13). The van der Waals surface area contributed by atoms with Crippen molar-refractivity contribution in [1.82, 2.24) is 4.98 Å². The summed E-state index contributed by atoms with van der Waals surface area (Å²) in [5, 5.41) is 20.7. The number of rotatable bonds is 4. The number of aromatic nitrogens is 1. The van der Waals surface area contributed by atoms with Crippen LogP contribution < -0.4 is 5.32 Å². The molecular weight excluding hydrogens is 178 g/mol. The number of nitriles is 1. The minimum atomic E-state index is 0.139. The summed E-state index contributed by atoms with van der Waals surface area (Å²) in [6.07, 6.45) is 3.15. The van der Waals surface area contributed by atoms with Crippen molar-refractivity contribution >= 4 is 5.69 Å². The lowest BCUT2D eigenvalue weighted by Crippen LogP contribution is -2.15. The Morgan fingerprint density at radius 2 is 2.50 bits per heavy atom. The molecule has 1 aromatic heterocycles. The van der Waals surface area contributed by atoms with Crippen LogP contribution in [0.4, 0.5) is 5.69 Å². The van der Waals surface area contributed by atoms with E-state index < -0.39 is 0 Å². The maximum Gasteiger partial charge on any atom is 0.103 e. The largest absolute Gasteiger partial charge is 0.396 e. The molecule has 0 amide bonds. The lowest BCUT2D eigenvalue weighted by molar-refractivity contribution is 0.244. The molecule has 2 N–H and O–H groups in total. The van der Waals surface area contributed by atoms with Crippen LogP contribution in [0, 0.1) is 17.2 Å². The molecule has 14 heavy (non-hydrogen) atoms. The van der Waals surface area contributed by atoms with E-state index in [4.69, 9.17) is 10.4 Å². The van der Waals surface area contributed by atoms with E-state index in [9.17, 15) is 0 Å². The molecule has 1 rings (SSSR count). The van der Waals surface area contributed by atoms with Gasteiger partial charge in [-0.1, -0.05) is 6.92 Å². The molecule has 0 aromatic carbocycles. The monoisotopic (exact) mass is 191 g/mol. The third kappa shape index (κ3) is 2.71. The van der Waals surface area contributed by atoms with Gasteiger partial charge in [-0.05, 0) is 12.0 Å². The van der Waals surface area contributed by atoms with Crippen LogP contribution in [-0.4, -0.2) is 23.2 Å². The van der Waals surface area contributed by atoms with E-state index in [0.717, 1.165) is 5.69 Å². The molecule has 1 unspecified atom stereocenters. The minimum Gasteiger partial charge on any atom is -0.396 e. The third-order valence-corrected chi connectivity index (χ3v) is 1.89. The fourth-order valence-corrected chi connectivity index (χ4v) is 0.986. The fourth-order valence-electron chi connectivity index (χ4n) is 0.986. The molecular formula is C10H13N3O. The molecule has 1 aromatic rings. The van der Waals surface area contributed by atoms with Gasteiger partial charge in [-0.15, -0.1) is 0 Å². The molecule has 0 saturated heterocycles. The van der Waals surface area contributed by atoms with Crippen molar-refractivity contribution in [2.45, 2.75) is 6.92 Å². The zero-order valence-corrected chi connectivity index (χ0v) is 8.07. The molecule has 0 aliphatic rings. The van der Waals surface area contributed by atoms with Crippen molar-refractivity contribution in [3.8, 4) is 6.07 Å². The molecule has 4 nitrogen and oxygen atoms in total. The zero-order valence-electron chi connectivity index (χ0n) is 8.07. The molecule has 4 heteroatoms. The first-order chi connectivity index (χ1) is 6.77. The van der Waals surface area contributed by atoms with Crippen LogP contribution in [0.25, 0.3) is 0 Å². The number of aliphatic hydroxyl groups excluding tert-OH is 1. The SMILES string of the molecule is CC(CO)CNc1ccncc1C#N. The van der Waals surface area contributed by atoms with Crippen LogP contribution in [0.3, 0.4) is 0 Å². The van der Waals surface area contributed by atoms with E-state index in [2.05, 4.69) is 10.3 Å². The third-order valence-electron chi connectivity index (χ3n) is 1.89. The summed E-state index contributed by atoms with van der Waals surface area (Å²) in [5.74, 6) is 0.176. The van der Waals surface area contributed by atoms with Gasteiger partial charge in [0.1, 0.15) is 6.07 Å². The lowest BCUT2D eigenvalue weighted by Gasteiger charge is -2.11. The van der Waals surface area contributed by atoms with Crippen molar-refractivity contribution in [3.05, 3.63) is 24.0 Å². The molecule has 0 radical (unpaired) electrons. The fraction of sp³-hybridized carbons (Fsp3) is 0.400. The molecule has 0 fully saturated rings. The topological polar surface area (TPSA) is 68.9 Å². The summed E-state index contributed by atoms with van der Waals surface area (Å²) in [5.41, 5.74) is 1.29. The number of anilines is 1. The van der Waals surface area contributed by atoms with E-state index >= 15 is 0 Å². The Bertz CT molecular complexity index is 332. The average molecular weight is 191 g/mol. The number of hydrogen-bond acceptors (Lipinski definition) is 4. The molecule has 0 bridgehead atoms. The highest BCUT2D eigenvalue weighted by Gasteiger charge is 2.03. The van der Waals surface area contributed by atoms with Crippen molar-refractivity contribution in [2.75, 3.05) is 18.5 Å². The van der Waals surface area contributed by atoms with E-state index in [0.29, 0.717) is 12.1 Å². The van der Waals surface area contributed by atoms with Gasteiger partial charge in [-0.25, -0.2) is 0 Å². The smallest absolute Gasteiger partial charge is 0.103 e. The van der Waals surface area contributed by atoms with E-state index in [1.165, 1.54) is 6.20 Å². The summed E-state index contributed by atoms with van der Waals surface area (Å²) >= 11 is 0. The number of nitrogens with one attached hydrogen (secondary N) is 1. The first-order valence-corrected chi connectivity index (χ1v) is 4.46. The normalized spacial score (nSPS) is 11.8. The molecule has 0 aliphatic carbocycles. The quantitative estimate of drug-likeness (QED) is 0.744. The van der Waals surface area contributed by atoms with Gasteiger partial charge in [-0.3, -0.25) is 4.98 Å². The van der Waals surface area contributed by atoms with E-state index in [1.54, 1.807) is 12.3 Å². The predicted molar refractivity (Wildman–Crippen MR) is 53.7 cm³/mol. The highest BCUT2D eigenvalue weighted by molar-refractivity contribution is 5.55. The van der Waals surface area contributed by atoms with Gasteiger partial charge < -0.3 is 10.4 Å². The first kappa shape index (κ1) is 10.5. The molecule has 74 valence electrons. The molecule has 0 saturated carbocycles. The predicted octanol–water partition coefficient (Wildman–Crippen LogP) is 0.994. The van der Waals surface area contributed by atoms with Crippen molar-refractivity contribution < 1.29 is 5.11 Å². The summed E-state index contributed by atoms with van der Waals surface area (Å²) in [6.45, 7) is 2.72. The van der Waals surface area contributed by atoms with Gasteiger partial charge in [0.15, 0.2) is 0 Å². The Morgan fingerprint density at radius 1 is 1.71 bits per heavy atom. The van der Waals surface area contributed by atoms with Gasteiger partial charge in [0, 0.05) is 25.5 Å². The summed E-state index contributed by atoms with van der Waals surface area (Å²) < 4.78 is 0. The number of aliphatic hydroxyl groups is 1. The van der Waals surface area contributed by atoms with Crippen molar-refractivity contribution in [2.24, 2.45) is 5.92 Å². The van der Waals surface area contributed by atoms with Crippen molar-refractivity contribution in [1.29, 1.82) is 5.26 Å². The van der Waals surface area contributed by atoms with Gasteiger partial charge >= 0.3 is 0 Å². The zero-order chi connectivity index (χ0) is 10.4. The summed E-state index contributed by atoms with van der Waals surface area (Å²) in [7, 11) is 0. The Labute approximate surface area is 83.2 Å². The van der Waals surface area contributed by atoms with Crippen LogP contribution >= 0.6 is 0 Å². The van der Waals surface area contributed by atoms with Crippen LogP contribution in [-0.2, 0) is 0 Å². The summed E-state index contributed by atoms with van der Waals surface area (Å²) in [4.78, 5) is 3.85. The maximum atomic E-state index is 8.82. The minimum absolute atomic E-state index is 0.139. The number of hydrogen-bond donors (Lipinski definition) is 2. The van der Waals surface area contributed by atoms with Gasteiger partial charge in [-0.2, -0.15) is 5.26 Å². The Morgan fingerprint density at radius 3 is 3.14 bits per heavy atom. The highest BCUT2D eigenvalue weighted by Crippen LogP contribution is 2.12. The average Bonchev–Trinajstić information content (AvgIpc) is 2.26. The second-order valence-electron chi connectivity index (χ2n) is 3.20. The van der Waals surface area contributed by atoms with Crippen LogP contribution in [0.15, 0.2) is 18.5 Å². The van der Waals surface area contributed by atoms with Gasteiger partial charge in [0.05, 0.1) is 11.3 Å². The van der Waals surface area contributed by atoms with E-state index in [-0.39, 0.29) is 12.5 Å². The first-order valence-electron chi connectivity index (χ1n) is 4.46. The van der Waals surface area contributed by atoms with Crippen molar-refractivity contribution in [3.63, 3.8) is 0 Å². The van der Waals surface area contributed by atoms with Crippen LogP contribution in [0.2, 0.25) is 0 Å². The summed E-state index contributed by atoms with van der Waals surface area (Å²) in [6, 6.07) is 3.80. The van der Waals surface area contributed by atoms with Gasteiger partial charge in [0.25, 0.3) is 0 Å². The number of pyridine rings is 1. The molecule has 0 spiro atoms. The number of nitrogens with zero attached hydrogens (tertiary/aromatic N) is 2. The molecule has 1 atom stereocenters. The van der Waals surface area contributed by atoms with Crippen LogP contribution in [0.1, 0.15) is 12.5 Å². The Kier molecular flexibility index (Phi) is 3.89. The Hall–Kier alpha value is -1.60. The van der Waals surface area contributed by atoms with Gasteiger partial charge in [0.2, 0.25) is 0 Å². The highest BCUT2D eigenvalue weighted by atomic mass is 16.3. The second-order valence-corrected chi connectivity index (χ2v) is 3.20. The lowest BCUT2D eigenvalue weighted by atomic mass is 10.2. The second kappa shape index (κ2) is 5.20. The molecule has 1 heterocycles. The van der Waals surface area contributed by atoms with Crippen LogP contribution in [0.5, 0.6) is 0 Å². The molecule has 0 aliphatic heterocycles. The Balaban J connectivity index is 2.63.